The van der Waals surface area contributed by atoms with Crippen molar-refractivity contribution in [2.75, 3.05) is 29.9 Å². The highest BCUT2D eigenvalue weighted by molar-refractivity contribution is 6.30. The number of pyridine rings is 1. The first kappa shape index (κ1) is 29.2. The second kappa shape index (κ2) is 12.4. The molecule has 10 heteroatoms. The Morgan fingerprint density at radius 2 is 1.70 bits per heavy atom. The second-order valence-electron chi connectivity index (χ2n) is 10.7. The molecule has 0 aliphatic carbocycles. The minimum absolute atomic E-state index is 0.111. The van der Waals surface area contributed by atoms with E-state index in [0.717, 1.165) is 11.1 Å². The number of halogens is 1. The van der Waals surface area contributed by atoms with Gasteiger partial charge in [0.25, 0.3) is 23.6 Å². The summed E-state index contributed by atoms with van der Waals surface area (Å²) < 4.78 is 6.24. The molecule has 4 aromatic rings. The number of aryl methyl sites for hydroxylation is 1. The van der Waals surface area contributed by atoms with Crippen molar-refractivity contribution >= 4 is 46.7 Å². The van der Waals surface area contributed by atoms with Crippen LogP contribution in [0.15, 0.2) is 85.1 Å². The molecule has 0 radical (unpaired) electrons. The molecule has 1 atom stereocenters. The fraction of sp³-hybridized carbons (Fsp3) is 0.206. The maximum Gasteiger partial charge on any atom is 0.261 e. The number of nitrogens with zero attached hydrogens (tertiary/aromatic N) is 3. The summed E-state index contributed by atoms with van der Waals surface area (Å²) in [6.45, 7) is 2.55. The lowest BCUT2D eigenvalue weighted by molar-refractivity contribution is 0.0294. The zero-order valence-corrected chi connectivity index (χ0v) is 24.7. The third kappa shape index (κ3) is 5.71. The van der Waals surface area contributed by atoms with Crippen molar-refractivity contribution in [3.63, 3.8) is 0 Å². The van der Waals surface area contributed by atoms with E-state index >= 15 is 0 Å². The van der Waals surface area contributed by atoms with Gasteiger partial charge in [0.05, 0.1) is 35.9 Å². The Morgan fingerprint density at radius 3 is 2.41 bits per heavy atom. The minimum atomic E-state index is -0.395. The van der Waals surface area contributed by atoms with Gasteiger partial charge in [-0.2, -0.15) is 0 Å². The molecule has 0 spiro atoms. The third-order valence-electron chi connectivity index (χ3n) is 7.87. The van der Waals surface area contributed by atoms with Crippen LogP contribution in [0.1, 0.15) is 71.5 Å². The number of carbonyl (C=O) groups excluding carboxylic acids is 4. The van der Waals surface area contributed by atoms with Gasteiger partial charge in [-0.15, -0.1) is 0 Å². The van der Waals surface area contributed by atoms with Gasteiger partial charge >= 0.3 is 0 Å². The summed E-state index contributed by atoms with van der Waals surface area (Å²) in [6, 6.07) is 22.6. The number of ether oxygens (including phenoxy) is 1. The number of rotatable bonds is 7. The maximum atomic E-state index is 13.7. The van der Waals surface area contributed by atoms with E-state index in [2.05, 4.69) is 10.3 Å². The molecule has 0 saturated carbocycles. The maximum absolute atomic E-state index is 13.7. The number of hydrogen-bond donors (Lipinski definition) is 1. The van der Waals surface area contributed by atoms with Crippen molar-refractivity contribution in [2.45, 2.75) is 25.9 Å². The summed E-state index contributed by atoms with van der Waals surface area (Å²) >= 11 is 6.38. The first-order valence-electron chi connectivity index (χ1n) is 14.3. The Labute approximate surface area is 259 Å². The molecule has 1 N–H and O–H groups in total. The van der Waals surface area contributed by atoms with Crippen LogP contribution in [-0.2, 0) is 4.74 Å². The highest BCUT2D eigenvalue weighted by Gasteiger charge is 2.35. The van der Waals surface area contributed by atoms with Gasteiger partial charge in [0.2, 0.25) is 0 Å². The van der Waals surface area contributed by atoms with E-state index in [1.807, 2.05) is 19.1 Å². The summed E-state index contributed by atoms with van der Waals surface area (Å²) in [5.41, 5.74) is 3.98. The average Bonchev–Trinajstić information content (AvgIpc) is 3.15. The molecule has 2 aliphatic heterocycles. The van der Waals surface area contributed by atoms with Crippen LogP contribution in [0, 0.1) is 6.92 Å². The van der Waals surface area contributed by atoms with Gasteiger partial charge < -0.3 is 15.0 Å². The molecule has 6 rings (SSSR count). The number of anilines is 2. The third-order valence-corrected chi connectivity index (χ3v) is 8.11. The molecule has 3 heterocycles. The van der Waals surface area contributed by atoms with Crippen molar-refractivity contribution < 1.29 is 23.9 Å². The van der Waals surface area contributed by atoms with E-state index in [0.29, 0.717) is 58.2 Å². The fourth-order valence-corrected chi connectivity index (χ4v) is 5.79. The van der Waals surface area contributed by atoms with E-state index in [4.69, 9.17) is 16.3 Å². The monoisotopic (exact) mass is 608 g/mol. The summed E-state index contributed by atoms with van der Waals surface area (Å²) in [5, 5.41) is 3.28. The van der Waals surface area contributed by atoms with Crippen LogP contribution in [0.5, 0.6) is 0 Å². The zero-order chi connectivity index (χ0) is 30.8. The molecular formula is C34H29ClN4O5. The van der Waals surface area contributed by atoms with E-state index in [1.165, 1.54) is 11.1 Å². The predicted molar refractivity (Wildman–Crippen MR) is 166 cm³/mol. The van der Waals surface area contributed by atoms with Gasteiger partial charge in [-0.05, 0) is 73.9 Å². The molecule has 0 fully saturated rings. The topological polar surface area (TPSA) is 109 Å². The van der Waals surface area contributed by atoms with Crippen molar-refractivity contribution in [2.24, 2.45) is 0 Å². The average molecular weight is 609 g/mol. The lowest BCUT2D eigenvalue weighted by atomic mass is 10.0. The van der Waals surface area contributed by atoms with Crippen molar-refractivity contribution in [3.8, 4) is 0 Å². The smallest absolute Gasteiger partial charge is 0.261 e. The van der Waals surface area contributed by atoms with Gasteiger partial charge in [0, 0.05) is 34.6 Å². The normalized spacial score (nSPS) is 15.9. The summed E-state index contributed by atoms with van der Waals surface area (Å²) in [6.07, 6.45) is 2.32. The summed E-state index contributed by atoms with van der Waals surface area (Å²) in [4.78, 5) is 59.1. The minimum Gasteiger partial charge on any atom is -0.372 e. The van der Waals surface area contributed by atoms with Crippen LogP contribution in [0.2, 0.25) is 5.02 Å². The van der Waals surface area contributed by atoms with Crippen LogP contribution in [-0.4, -0.2) is 53.2 Å². The quantitative estimate of drug-likeness (QED) is 0.254. The Bertz CT molecular complexity index is 1740. The summed E-state index contributed by atoms with van der Waals surface area (Å²) in [5.74, 6) is -0.842. The van der Waals surface area contributed by atoms with E-state index in [1.54, 1.807) is 71.6 Å². The Kier molecular flexibility index (Phi) is 8.23. The molecule has 0 saturated heterocycles. The van der Waals surface area contributed by atoms with Crippen molar-refractivity contribution in [1.29, 1.82) is 0 Å². The van der Waals surface area contributed by atoms with Gasteiger partial charge in [0.15, 0.2) is 0 Å². The number of benzene rings is 3. The zero-order valence-electron chi connectivity index (χ0n) is 24.0. The van der Waals surface area contributed by atoms with Crippen molar-refractivity contribution in [3.05, 3.63) is 123 Å². The molecule has 3 aromatic carbocycles. The number of nitrogens with one attached hydrogen (secondary N) is 1. The fourth-order valence-electron chi connectivity index (χ4n) is 5.61. The highest BCUT2D eigenvalue weighted by Crippen LogP contribution is 2.38. The van der Waals surface area contributed by atoms with Crippen LogP contribution in [0.4, 0.5) is 11.5 Å². The molecule has 222 valence electrons. The molecule has 0 bridgehead atoms. The molecular weight excluding hydrogens is 580 g/mol. The molecule has 4 amide bonds. The molecule has 9 nitrogen and oxygen atoms in total. The largest absolute Gasteiger partial charge is 0.372 e. The Balaban J connectivity index is 1.15. The number of imide groups is 1. The SMILES string of the molecule is Cc1ccccc1C(=O)Nc1ccc(C(=O)N2CCCC(OCCN3C(=O)c4ccccc4C3=O)c3cc(Cl)ccc32)cn1. The number of carbonyl (C=O) groups is 4. The summed E-state index contributed by atoms with van der Waals surface area (Å²) in [7, 11) is 0. The lowest BCUT2D eigenvalue weighted by Crippen LogP contribution is -2.33. The molecule has 1 aromatic heterocycles. The highest BCUT2D eigenvalue weighted by atomic mass is 35.5. The predicted octanol–water partition coefficient (Wildman–Crippen LogP) is 6.09. The van der Waals surface area contributed by atoms with Crippen LogP contribution in [0.3, 0.4) is 0 Å². The Morgan fingerprint density at radius 1 is 0.977 bits per heavy atom. The van der Waals surface area contributed by atoms with Gasteiger partial charge in [-0.1, -0.05) is 41.9 Å². The molecule has 44 heavy (non-hydrogen) atoms. The molecule has 2 aliphatic rings. The lowest BCUT2D eigenvalue weighted by Gasteiger charge is -2.25. The van der Waals surface area contributed by atoms with Gasteiger partial charge in [-0.3, -0.25) is 24.1 Å². The van der Waals surface area contributed by atoms with Gasteiger partial charge in [0.1, 0.15) is 5.82 Å². The van der Waals surface area contributed by atoms with E-state index < -0.39 is 6.10 Å². The van der Waals surface area contributed by atoms with E-state index in [9.17, 15) is 19.2 Å². The standard InChI is InChI=1S/C34H29ClN4O5/c1-21-7-2-3-8-24(21)31(40)37-30-15-12-22(20-36-30)32(41)38-16-6-11-29(27-19-23(35)13-14-28(27)38)44-18-17-39-33(42)25-9-4-5-10-26(25)34(39)43/h2-5,7-10,12-15,19-20,29H,6,11,16-18H2,1H3,(H,36,37,40). The number of hydrogen-bond acceptors (Lipinski definition) is 6. The first-order chi connectivity index (χ1) is 21.3. The molecule has 1 unspecified atom stereocenters. The van der Waals surface area contributed by atoms with Crippen LogP contribution in [0.25, 0.3) is 0 Å². The number of fused-ring (bicyclic) bond motifs is 2. The number of aromatic nitrogens is 1. The van der Waals surface area contributed by atoms with E-state index in [-0.39, 0.29) is 36.8 Å². The van der Waals surface area contributed by atoms with Gasteiger partial charge in [-0.25, -0.2) is 4.98 Å². The first-order valence-corrected chi connectivity index (χ1v) is 14.7. The second-order valence-corrected chi connectivity index (χ2v) is 11.1. The van der Waals surface area contributed by atoms with Crippen LogP contribution < -0.4 is 10.2 Å². The number of amides is 4. The Hall–Kier alpha value is -4.86. The van der Waals surface area contributed by atoms with Crippen LogP contribution >= 0.6 is 11.6 Å². The van der Waals surface area contributed by atoms with Crippen molar-refractivity contribution in [1.82, 2.24) is 9.88 Å².